The van der Waals surface area contributed by atoms with Gasteiger partial charge >= 0.3 is 5.97 Å². The van der Waals surface area contributed by atoms with Gasteiger partial charge in [0.1, 0.15) is 19.0 Å². The van der Waals surface area contributed by atoms with E-state index in [1.165, 1.54) is 0 Å². The van der Waals surface area contributed by atoms with Gasteiger partial charge < -0.3 is 24.3 Å². The number of nitrogens with one attached hydrogen (secondary N) is 1. The van der Waals surface area contributed by atoms with Crippen LogP contribution in [0, 0.1) is 6.92 Å². The molecule has 1 N–H and O–H groups in total. The summed E-state index contributed by atoms with van der Waals surface area (Å²) in [4.78, 5) is 23.6. The van der Waals surface area contributed by atoms with Crippen LogP contribution in [0.1, 0.15) is 11.1 Å². The molecule has 3 rings (SSSR count). The zero-order chi connectivity index (χ0) is 20.6. The van der Waals surface area contributed by atoms with Gasteiger partial charge in [0.2, 0.25) is 0 Å². The molecule has 1 aliphatic rings. The highest BCUT2D eigenvalue weighted by atomic mass is 35.5. The summed E-state index contributed by atoms with van der Waals surface area (Å²) in [6.45, 7) is 2.68. The summed E-state index contributed by atoms with van der Waals surface area (Å²) in [6.07, 6.45) is 0.620. The first-order valence-electron chi connectivity index (χ1n) is 9.21. The van der Waals surface area contributed by atoms with Crippen molar-refractivity contribution >= 4 is 23.5 Å². The van der Waals surface area contributed by atoms with Crippen LogP contribution in [0.25, 0.3) is 0 Å². The lowest BCUT2D eigenvalue weighted by Gasteiger charge is -2.18. The molecule has 1 heterocycles. The zero-order valence-electron chi connectivity index (χ0n) is 16.0. The van der Waals surface area contributed by atoms with Gasteiger partial charge in [-0.2, -0.15) is 0 Å². The van der Waals surface area contributed by atoms with Crippen molar-refractivity contribution in [3.05, 3.63) is 52.5 Å². The molecule has 2 aromatic carbocycles. The summed E-state index contributed by atoms with van der Waals surface area (Å²) in [6, 6.07) is 10.8. The summed E-state index contributed by atoms with van der Waals surface area (Å²) in [5, 5.41) is 3.33. The number of halogens is 1. The molecule has 0 unspecified atom stereocenters. The largest absolute Gasteiger partial charge is 0.486 e. The van der Waals surface area contributed by atoms with E-state index in [0.717, 1.165) is 16.9 Å². The van der Waals surface area contributed by atoms with E-state index in [1.807, 2.05) is 25.1 Å². The fraction of sp³-hybridized carbons (Fsp3) is 0.333. The maximum atomic E-state index is 11.8. The third-order valence-electron chi connectivity index (χ3n) is 4.19. The van der Waals surface area contributed by atoms with E-state index in [9.17, 15) is 9.59 Å². The lowest BCUT2D eigenvalue weighted by Crippen LogP contribution is -2.31. The third-order valence-corrected chi connectivity index (χ3v) is 4.62. The molecule has 1 amide bonds. The summed E-state index contributed by atoms with van der Waals surface area (Å²) >= 11 is 5.94. The second-order valence-electron chi connectivity index (χ2n) is 6.44. The van der Waals surface area contributed by atoms with Gasteiger partial charge in [0.25, 0.3) is 5.91 Å². The van der Waals surface area contributed by atoms with Gasteiger partial charge in [-0.05, 0) is 54.8 Å². The summed E-state index contributed by atoms with van der Waals surface area (Å²) < 4.78 is 21.3. The molecule has 8 heteroatoms. The minimum Gasteiger partial charge on any atom is -0.486 e. The number of ether oxygens (including phenoxy) is 4. The molecule has 0 fully saturated rings. The van der Waals surface area contributed by atoms with Crippen molar-refractivity contribution in [2.75, 3.05) is 33.0 Å². The third kappa shape index (κ3) is 6.29. The fourth-order valence-electron chi connectivity index (χ4n) is 2.68. The predicted molar refractivity (Wildman–Crippen MR) is 107 cm³/mol. The second kappa shape index (κ2) is 10.0. The molecular formula is C21H22ClNO6. The van der Waals surface area contributed by atoms with E-state index < -0.39 is 5.97 Å². The first-order valence-corrected chi connectivity index (χ1v) is 9.59. The smallest absolute Gasteiger partial charge is 0.344 e. The predicted octanol–water partition coefficient (Wildman–Crippen LogP) is 2.70. The highest BCUT2D eigenvalue weighted by Crippen LogP contribution is 2.30. The van der Waals surface area contributed by atoms with Crippen LogP contribution in [0.3, 0.4) is 0 Å². The van der Waals surface area contributed by atoms with Crippen LogP contribution >= 0.6 is 11.6 Å². The van der Waals surface area contributed by atoms with Crippen LogP contribution in [-0.4, -0.2) is 44.8 Å². The Kier molecular flexibility index (Phi) is 7.19. The Bertz CT molecular complexity index is 885. The van der Waals surface area contributed by atoms with Gasteiger partial charge in [0, 0.05) is 11.6 Å². The summed E-state index contributed by atoms with van der Waals surface area (Å²) in [7, 11) is 0. The number of aryl methyl sites for hydroxylation is 1. The van der Waals surface area contributed by atoms with E-state index >= 15 is 0 Å². The molecule has 7 nitrogen and oxygen atoms in total. The number of hydrogen-bond acceptors (Lipinski definition) is 6. The van der Waals surface area contributed by atoms with Crippen LogP contribution < -0.4 is 19.5 Å². The Balaban J connectivity index is 1.33. The fourth-order valence-corrected chi connectivity index (χ4v) is 2.80. The number of carbonyl (C=O) groups is 2. The standard InChI is InChI=1S/C21H22ClNO6/c1-14-10-16(3-4-17(14)22)28-13-21(25)29-12-20(24)23-7-6-15-2-5-18-19(11-15)27-9-8-26-18/h2-5,10-11H,6-9,12-13H2,1H3,(H,23,24). The van der Waals surface area contributed by atoms with Crippen molar-refractivity contribution in [3.63, 3.8) is 0 Å². The van der Waals surface area contributed by atoms with Gasteiger partial charge in [0.05, 0.1) is 0 Å². The van der Waals surface area contributed by atoms with Crippen LogP contribution in [0.2, 0.25) is 5.02 Å². The average molecular weight is 420 g/mol. The normalized spacial score (nSPS) is 12.2. The number of esters is 1. The average Bonchev–Trinajstić information content (AvgIpc) is 2.73. The highest BCUT2D eigenvalue weighted by molar-refractivity contribution is 6.31. The van der Waals surface area contributed by atoms with Gasteiger partial charge in [-0.25, -0.2) is 4.79 Å². The Morgan fingerprint density at radius 3 is 2.66 bits per heavy atom. The van der Waals surface area contributed by atoms with Crippen molar-refractivity contribution in [3.8, 4) is 17.2 Å². The van der Waals surface area contributed by atoms with Gasteiger partial charge in [-0.3, -0.25) is 4.79 Å². The lowest BCUT2D eigenvalue weighted by atomic mass is 10.1. The van der Waals surface area contributed by atoms with Crippen LogP contribution in [0.15, 0.2) is 36.4 Å². The van der Waals surface area contributed by atoms with Gasteiger partial charge in [-0.1, -0.05) is 17.7 Å². The topological polar surface area (TPSA) is 83.1 Å². The van der Waals surface area contributed by atoms with Crippen molar-refractivity contribution in [2.24, 2.45) is 0 Å². The number of fused-ring (bicyclic) bond motifs is 1. The minimum absolute atomic E-state index is 0.286. The second-order valence-corrected chi connectivity index (χ2v) is 6.85. The quantitative estimate of drug-likeness (QED) is 0.662. The Morgan fingerprint density at radius 1 is 1.07 bits per heavy atom. The molecule has 29 heavy (non-hydrogen) atoms. The van der Waals surface area contributed by atoms with Crippen LogP contribution in [0.4, 0.5) is 0 Å². The Morgan fingerprint density at radius 2 is 1.86 bits per heavy atom. The molecule has 0 aliphatic carbocycles. The molecule has 0 bridgehead atoms. The van der Waals surface area contributed by atoms with Gasteiger partial charge in [-0.15, -0.1) is 0 Å². The number of rotatable bonds is 8. The lowest BCUT2D eigenvalue weighted by molar-refractivity contribution is -0.150. The number of benzene rings is 2. The molecule has 1 aliphatic heterocycles. The molecule has 0 saturated carbocycles. The van der Waals surface area contributed by atoms with Crippen molar-refractivity contribution in [1.29, 1.82) is 0 Å². The molecular weight excluding hydrogens is 398 g/mol. The molecule has 0 saturated heterocycles. The summed E-state index contributed by atoms with van der Waals surface area (Å²) in [5.41, 5.74) is 1.85. The molecule has 154 valence electrons. The molecule has 0 radical (unpaired) electrons. The first kappa shape index (κ1) is 20.8. The zero-order valence-corrected chi connectivity index (χ0v) is 16.8. The molecule has 0 atom stereocenters. The maximum absolute atomic E-state index is 11.8. The Labute approximate surface area is 173 Å². The minimum atomic E-state index is -0.625. The highest BCUT2D eigenvalue weighted by Gasteiger charge is 2.12. The maximum Gasteiger partial charge on any atom is 0.344 e. The van der Waals surface area contributed by atoms with E-state index in [-0.39, 0.29) is 19.1 Å². The van der Waals surface area contributed by atoms with E-state index in [1.54, 1.807) is 18.2 Å². The van der Waals surface area contributed by atoms with E-state index in [2.05, 4.69) is 5.32 Å². The van der Waals surface area contributed by atoms with Crippen LogP contribution in [-0.2, 0) is 20.7 Å². The number of hydrogen-bond donors (Lipinski definition) is 1. The molecule has 0 aromatic heterocycles. The van der Waals surface area contributed by atoms with E-state index in [4.69, 9.17) is 30.5 Å². The summed E-state index contributed by atoms with van der Waals surface area (Å²) in [5.74, 6) is 0.947. The monoisotopic (exact) mass is 419 g/mol. The first-order chi connectivity index (χ1) is 14.0. The van der Waals surface area contributed by atoms with Gasteiger partial charge in [0.15, 0.2) is 24.7 Å². The SMILES string of the molecule is Cc1cc(OCC(=O)OCC(=O)NCCc2ccc3c(c2)OCCO3)ccc1Cl. The Hall–Kier alpha value is -2.93. The molecule has 2 aromatic rings. The number of amides is 1. The van der Waals surface area contributed by atoms with Crippen molar-refractivity contribution in [1.82, 2.24) is 5.32 Å². The molecule has 0 spiro atoms. The van der Waals surface area contributed by atoms with Crippen molar-refractivity contribution < 1.29 is 28.5 Å². The number of carbonyl (C=O) groups excluding carboxylic acids is 2. The van der Waals surface area contributed by atoms with Crippen LogP contribution in [0.5, 0.6) is 17.2 Å². The van der Waals surface area contributed by atoms with Crippen molar-refractivity contribution in [2.45, 2.75) is 13.3 Å². The van der Waals surface area contributed by atoms with E-state index in [0.29, 0.717) is 42.7 Å².